The first kappa shape index (κ1) is 20.2. The maximum Gasteiger partial charge on any atom is 0.269 e. The molecule has 1 unspecified atom stereocenters. The molecule has 0 aliphatic carbocycles. The summed E-state index contributed by atoms with van der Waals surface area (Å²) in [5.41, 5.74) is 1.03. The molecule has 29 heavy (non-hydrogen) atoms. The fraction of sp³-hybridized carbons (Fsp3) is 0.300. The van der Waals surface area contributed by atoms with Gasteiger partial charge in [0.2, 0.25) is 5.88 Å². The topological polar surface area (TPSA) is 83.5 Å². The Hall–Kier alpha value is -3.54. The van der Waals surface area contributed by atoms with Crippen LogP contribution in [0.1, 0.15) is 36.6 Å². The van der Waals surface area contributed by atoms with Crippen LogP contribution < -0.4 is 4.74 Å². The number of halogens is 2. The summed E-state index contributed by atoms with van der Waals surface area (Å²) >= 11 is 0. The van der Waals surface area contributed by atoms with E-state index in [4.69, 9.17) is 10.00 Å². The van der Waals surface area contributed by atoms with Gasteiger partial charge in [-0.15, -0.1) is 5.10 Å². The first-order valence-electron chi connectivity index (χ1n) is 8.95. The van der Waals surface area contributed by atoms with Gasteiger partial charge in [0.15, 0.2) is 0 Å². The van der Waals surface area contributed by atoms with Gasteiger partial charge in [-0.25, -0.2) is 13.8 Å². The van der Waals surface area contributed by atoms with Gasteiger partial charge in [-0.2, -0.15) is 10.4 Å². The second-order valence-electron chi connectivity index (χ2n) is 6.56. The molecular formula is C20H19F2N5O2. The van der Waals surface area contributed by atoms with Crippen LogP contribution in [-0.2, 0) is 11.8 Å². The number of carbonyl (C=O) groups excluding carboxylic acids is 1. The fourth-order valence-corrected chi connectivity index (χ4v) is 3.00. The third-order valence-corrected chi connectivity index (χ3v) is 4.45. The van der Waals surface area contributed by atoms with E-state index < -0.39 is 23.6 Å². The zero-order chi connectivity index (χ0) is 21.0. The standard InChI is InChI=1S/C20H19F2N5O2/c1-13(4-3-7-29-19-11-17(12-23)26(2)25-19)20(28)27-18(5-6-24-27)14-8-15(21)10-16(22)9-14/h6,8-11,18H,1,3-5,7H2,2H3. The second kappa shape index (κ2) is 8.65. The molecule has 2 aromatic rings. The molecule has 0 N–H and O–H groups in total. The minimum absolute atomic E-state index is 0.288. The van der Waals surface area contributed by atoms with Gasteiger partial charge in [0.05, 0.1) is 12.6 Å². The molecule has 3 rings (SSSR count). The van der Waals surface area contributed by atoms with Crippen molar-refractivity contribution in [3.05, 3.63) is 59.3 Å². The highest BCUT2D eigenvalue weighted by molar-refractivity contribution is 5.94. The predicted octanol–water partition coefficient (Wildman–Crippen LogP) is 3.24. The molecule has 1 amide bonds. The molecule has 0 saturated carbocycles. The van der Waals surface area contributed by atoms with Gasteiger partial charge in [0.1, 0.15) is 23.4 Å². The maximum atomic E-state index is 13.5. The van der Waals surface area contributed by atoms with Crippen LogP contribution in [0.3, 0.4) is 0 Å². The summed E-state index contributed by atoms with van der Waals surface area (Å²) < 4.78 is 33.9. The number of rotatable bonds is 7. The van der Waals surface area contributed by atoms with Crippen molar-refractivity contribution < 1.29 is 18.3 Å². The van der Waals surface area contributed by atoms with Gasteiger partial charge in [0.25, 0.3) is 5.91 Å². The smallest absolute Gasteiger partial charge is 0.269 e. The van der Waals surface area contributed by atoms with Crippen molar-refractivity contribution in [2.75, 3.05) is 6.61 Å². The van der Waals surface area contributed by atoms with Crippen molar-refractivity contribution >= 4 is 12.1 Å². The highest BCUT2D eigenvalue weighted by Crippen LogP contribution is 2.30. The number of amides is 1. The molecule has 0 saturated heterocycles. The lowest BCUT2D eigenvalue weighted by molar-refractivity contribution is -0.129. The minimum Gasteiger partial charge on any atom is -0.477 e. The van der Waals surface area contributed by atoms with Crippen LogP contribution in [0.4, 0.5) is 8.78 Å². The zero-order valence-electron chi connectivity index (χ0n) is 15.8. The van der Waals surface area contributed by atoms with E-state index in [-0.39, 0.29) is 6.61 Å². The van der Waals surface area contributed by atoms with Crippen LogP contribution in [-0.4, -0.2) is 33.5 Å². The van der Waals surface area contributed by atoms with Crippen molar-refractivity contribution in [2.24, 2.45) is 12.1 Å². The Balaban J connectivity index is 1.54. The van der Waals surface area contributed by atoms with E-state index in [0.717, 1.165) is 6.07 Å². The molecule has 0 bridgehead atoms. The Morgan fingerprint density at radius 2 is 2.07 bits per heavy atom. The Kier molecular flexibility index (Phi) is 6.02. The monoisotopic (exact) mass is 399 g/mol. The molecule has 1 aromatic carbocycles. The van der Waals surface area contributed by atoms with Gasteiger partial charge >= 0.3 is 0 Å². The molecule has 0 fully saturated rings. The van der Waals surface area contributed by atoms with Crippen LogP contribution >= 0.6 is 0 Å². The fourth-order valence-electron chi connectivity index (χ4n) is 3.00. The molecule has 0 spiro atoms. The van der Waals surface area contributed by atoms with Gasteiger partial charge in [0, 0.05) is 37.4 Å². The van der Waals surface area contributed by atoms with Crippen molar-refractivity contribution in [1.29, 1.82) is 5.26 Å². The van der Waals surface area contributed by atoms with E-state index in [9.17, 15) is 13.6 Å². The van der Waals surface area contributed by atoms with Crippen molar-refractivity contribution in [2.45, 2.75) is 25.3 Å². The van der Waals surface area contributed by atoms with E-state index in [1.165, 1.54) is 34.1 Å². The average molecular weight is 399 g/mol. The molecular weight excluding hydrogens is 380 g/mol. The summed E-state index contributed by atoms with van der Waals surface area (Å²) in [5, 5.41) is 18.2. The lowest BCUT2D eigenvalue weighted by Gasteiger charge is -2.23. The van der Waals surface area contributed by atoms with Gasteiger partial charge in [-0.05, 0) is 30.5 Å². The number of nitrogens with zero attached hydrogens (tertiary/aromatic N) is 5. The van der Waals surface area contributed by atoms with Crippen LogP contribution in [0.15, 0.2) is 41.5 Å². The number of nitriles is 1. The van der Waals surface area contributed by atoms with Gasteiger partial charge in [-0.1, -0.05) is 6.58 Å². The van der Waals surface area contributed by atoms with Crippen molar-refractivity contribution in [1.82, 2.24) is 14.8 Å². The van der Waals surface area contributed by atoms with Crippen LogP contribution in [0.2, 0.25) is 0 Å². The number of hydrogen-bond donors (Lipinski definition) is 0. The van der Waals surface area contributed by atoms with Crippen molar-refractivity contribution in [3.8, 4) is 11.9 Å². The quantitative estimate of drug-likeness (QED) is 0.529. The van der Waals surface area contributed by atoms with E-state index in [0.29, 0.717) is 42.0 Å². The predicted molar refractivity (Wildman–Crippen MR) is 101 cm³/mol. The number of ether oxygens (including phenoxy) is 1. The van der Waals surface area contributed by atoms with E-state index >= 15 is 0 Å². The van der Waals surface area contributed by atoms with Crippen LogP contribution in [0.5, 0.6) is 5.88 Å². The summed E-state index contributed by atoms with van der Waals surface area (Å²) in [7, 11) is 1.64. The third kappa shape index (κ3) is 4.66. The van der Waals surface area contributed by atoms with Crippen LogP contribution in [0, 0.1) is 23.0 Å². The largest absolute Gasteiger partial charge is 0.477 e. The highest BCUT2D eigenvalue weighted by Gasteiger charge is 2.30. The number of hydrogen-bond acceptors (Lipinski definition) is 5. The molecule has 2 heterocycles. The minimum atomic E-state index is -0.704. The third-order valence-electron chi connectivity index (χ3n) is 4.45. The molecule has 7 nitrogen and oxygen atoms in total. The number of aromatic nitrogens is 2. The number of carbonyl (C=O) groups is 1. The Morgan fingerprint density at radius 3 is 2.72 bits per heavy atom. The normalized spacial score (nSPS) is 15.4. The van der Waals surface area contributed by atoms with E-state index in [1.54, 1.807) is 7.05 Å². The SMILES string of the molecule is C=C(CCCOc1cc(C#N)n(C)n1)C(=O)N1N=CCC1c1cc(F)cc(F)c1. The lowest BCUT2D eigenvalue weighted by Crippen LogP contribution is -2.28. The molecule has 0 radical (unpaired) electrons. The molecule has 150 valence electrons. The lowest BCUT2D eigenvalue weighted by atomic mass is 10.0. The molecule has 1 aliphatic rings. The second-order valence-corrected chi connectivity index (χ2v) is 6.56. The summed E-state index contributed by atoms with van der Waals surface area (Å²) in [6.45, 7) is 4.09. The molecule has 1 aliphatic heterocycles. The Bertz CT molecular complexity index is 989. The molecule has 9 heteroatoms. The molecule has 1 aromatic heterocycles. The summed E-state index contributed by atoms with van der Waals surface area (Å²) in [4.78, 5) is 12.7. The number of aryl methyl sites for hydroxylation is 1. The average Bonchev–Trinajstić information content (AvgIpc) is 3.30. The number of hydrazone groups is 1. The molecule has 1 atom stereocenters. The zero-order valence-corrected chi connectivity index (χ0v) is 15.8. The van der Waals surface area contributed by atoms with Gasteiger partial charge < -0.3 is 4.74 Å². The Morgan fingerprint density at radius 1 is 1.34 bits per heavy atom. The number of benzene rings is 1. The Labute approximate surface area is 166 Å². The first-order valence-corrected chi connectivity index (χ1v) is 8.95. The van der Waals surface area contributed by atoms with Crippen LogP contribution in [0.25, 0.3) is 0 Å². The van der Waals surface area contributed by atoms with E-state index in [1.807, 2.05) is 6.07 Å². The highest BCUT2D eigenvalue weighted by atomic mass is 19.1. The van der Waals surface area contributed by atoms with Gasteiger partial charge in [-0.3, -0.25) is 9.48 Å². The van der Waals surface area contributed by atoms with Crippen molar-refractivity contribution in [3.63, 3.8) is 0 Å². The summed E-state index contributed by atoms with van der Waals surface area (Å²) in [6, 6.07) is 6.13. The summed E-state index contributed by atoms with van der Waals surface area (Å²) in [5.74, 6) is -1.48. The maximum absolute atomic E-state index is 13.5. The summed E-state index contributed by atoms with van der Waals surface area (Å²) in [6.07, 6.45) is 2.76. The first-order chi connectivity index (χ1) is 13.9. The van der Waals surface area contributed by atoms with E-state index in [2.05, 4.69) is 16.8 Å².